The monoisotopic (exact) mass is 205 g/mol. The van der Waals surface area contributed by atoms with Crippen molar-refractivity contribution in [2.45, 2.75) is 6.61 Å². The largest absolute Gasteiger partial charge is 0.507 e. The molecule has 0 saturated heterocycles. The molecule has 0 atom stereocenters. The first-order chi connectivity index (χ1) is 6.77. The van der Waals surface area contributed by atoms with E-state index in [0.29, 0.717) is 16.5 Å². The highest BCUT2D eigenvalue weighted by atomic mass is 32.1. The predicted octanol–water partition coefficient (Wildman–Crippen LogP) is 1.97. The van der Waals surface area contributed by atoms with Gasteiger partial charge in [0.2, 0.25) is 0 Å². The number of thiophene rings is 1. The van der Waals surface area contributed by atoms with Crippen molar-refractivity contribution in [1.29, 1.82) is 5.26 Å². The predicted molar refractivity (Wildman–Crippen MR) is 54.1 cm³/mol. The molecule has 0 fully saturated rings. The Labute approximate surface area is 84.5 Å². The second kappa shape index (κ2) is 3.29. The van der Waals surface area contributed by atoms with Crippen molar-refractivity contribution >= 4 is 21.4 Å². The van der Waals surface area contributed by atoms with Crippen LogP contribution in [0.1, 0.15) is 11.1 Å². The summed E-state index contributed by atoms with van der Waals surface area (Å²) in [5.74, 6) is 0.115. The fraction of sp³-hybridized carbons (Fsp3) is 0.100. The highest BCUT2D eigenvalue weighted by molar-refractivity contribution is 7.17. The van der Waals surface area contributed by atoms with E-state index in [9.17, 15) is 5.11 Å². The van der Waals surface area contributed by atoms with Gasteiger partial charge < -0.3 is 10.2 Å². The van der Waals surface area contributed by atoms with Crippen LogP contribution in [0.15, 0.2) is 17.5 Å². The van der Waals surface area contributed by atoms with E-state index in [1.54, 1.807) is 11.4 Å². The van der Waals surface area contributed by atoms with Crippen LogP contribution in [-0.4, -0.2) is 10.2 Å². The molecule has 14 heavy (non-hydrogen) atoms. The van der Waals surface area contributed by atoms with E-state index in [-0.39, 0.29) is 12.4 Å². The van der Waals surface area contributed by atoms with Gasteiger partial charge in [-0.15, -0.1) is 11.3 Å². The third-order valence-electron chi connectivity index (χ3n) is 2.07. The first-order valence-electron chi connectivity index (χ1n) is 4.01. The summed E-state index contributed by atoms with van der Waals surface area (Å²) in [6.45, 7) is -0.123. The number of hydrogen-bond donors (Lipinski definition) is 2. The Hall–Kier alpha value is -1.57. The second-order valence-electron chi connectivity index (χ2n) is 2.87. The van der Waals surface area contributed by atoms with Gasteiger partial charge in [0.1, 0.15) is 11.8 Å². The minimum atomic E-state index is -0.123. The summed E-state index contributed by atoms with van der Waals surface area (Å²) in [4.78, 5) is 0. The van der Waals surface area contributed by atoms with Crippen molar-refractivity contribution in [2.24, 2.45) is 0 Å². The number of aliphatic hydroxyl groups excluding tert-OH is 1. The number of hydrogen-bond acceptors (Lipinski definition) is 4. The third kappa shape index (κ3) is 1.15. The zero-order valence-corrected chi connectivity index (χ0v) is 8.01. The summed E-state index contributed by atoms with van der Waals surface area (Å²) in [6.07, 6.45) is 0. The summed E-state index contributed by atoms with van der Waals surface area (Å²) in [5, 5.41) is 29.8. The second-order valence-corrected chi connectivity index (χ2v) is 3.75. The minimum absolute atomic E-state index is 0.115. The Morgan fingerprint density at radius 3 is 2.86 bits per heavy atom. The fourth-order valence-corrected chi connectivity index (χ4v) is 2.45. The Kier molecular flexibility index (Phi) is 2.12. The number of aromatic hydroxyl groups is 1. The van der Waals surface area contributed by atoms with Gasteiger partial charge in [-0.3, -0.25) is 0 Å². The molecule has 0 saturated carbocycles. The zero-order valence-electron chi connectivity index (χ0n) is 7.19. The van der Waals surface area contributed by atoms with Crippen LogP contribution in [0.2, 0.25) is 0 Å². The standard InChI is InChI=1S/C10H7NO2S/c11-3-6-1-2-8(13)9-7(4-12)5-14-10(6)9/h1-2,5,12-13H,4H2. The fourth-order valence-electron chi connectivity index (χ4n) is 1.40. The lowest BCUT2D eigenvalue weighted by Crippen LogP contribution is -1.81. The molecule has 0 aliphatic carbocycles. The molecule has 2 aromatic rings. The SMILES string of the molecule is N#Cc1ccc(O)c2c(CO)csc12. The van der Waals surface area contributed by atoms with Crippen LogP contribution in [-0.2, 0) is 6.61 Å². The number of phenols is 1. The molecule has 0 amide bonds. The molecular weight excluding hydrogens is 198 g/mol. The summed E-state index contributed by atoms with van der Waals surface area (Å²) >= 11 is 1.36. The maximum atomic E-state index is 9.58. The van der Waals surface area contributed by atoms with Gasteiger partial charge in [0.15, 0.2) is 0 Å². The molecule has 1 aromatic heterocycles. The number of rotatable bonds is 1. The van der Waals surface area contributed by atoms with Crippen LogP contribution >= 0.6 is 11.3 Å². The third-order valence-corrected chi connectivity index (χ3v) is 3.13. The number of fused-ring (bicyclic) bond motifs is 1. The minimum Gasteiger partial charge on any atom is -0.507 e. The van der Waals surface area contributed by atoms with Crippen molar-refractivity contribution < 1.29 is 10.2 Å². The zero-order chi connectivity index (χ0) is 10.1. The first kappa shape index (κ1) is 9.00. The number of nitrogens with zero attached hydrogens (tertiary/aromatic N) is 1. The quantitative estimate of drug-likeness (QED) is 0.748. The normalized spacial score (nSPS) is 10.3. The van der Waals surface area contributed by atoms with Gasteiger partial charge in [0.05, 0.1) is 16.9 Å². The number of aliphatic hydroxyl groups is 1. The average Bonchev–Trinajstić information content (AvgIpc) is 2.63. The van der Waals surface area contributed by atoms with Crippen molar-refractivity contribution in [3.8, 4) is 11.8 Å². The summed E-state index contributed by atoms with van der Waals surface area (Å²) < 4.78 is 0.733. The van der Waals surface area contributed by atoms with E-state index in [1.165, 1.54) is 17.4 Å². The Bertz CT molecular complexity index is 525. The maximum absolute atomic E-state index is 9.58. The Morgan fingerprint density at radius 1 is 1.43 bits per heavy atom. The molecule has 0 unspecified atom stereocenters. The average molecular weight is 205 g/mol. The summed E-state index contributed by atoms with van der Waals surface area (Å²) in [5.41, 5.74) is 1.20. The van der Waals surface area contributed by atoms with Crippen molar-refractivity contribution in [2.75, 3.05) is 0 Å². The van der Waals surface area contributed by atoms with Crippen molar-refractivity contribution in [1.82, 2.24) is 0 Å². The van der Waals surface area contributed by atoms with Gasteiger partial charge in [-0.05, 0) is 23.1 Å². The van der Waals surface area contributed by atoms with Crippen LogP contribution in [0.25, 0.3) is 10.1 Å². The Balaban J connectivity index is 2.89. The molecule has 70 valence electrons. The van der Waals surface area contributed by atoms with Crippen LogP contribution in [0.5, 0.6) is 5.75 Å². The van der Waals surface area contributed by atoms with Crippen molar-refractivity contribution in [3.63, 3.8) is 0 Å². The van der Waals surface area contributed by atoms with E-state index < -0.39 is 0 Å². The lowest BCUT2D eigenvalue weighted by Gasteiger charge is -1.98. The number of phenolic OH excluding ortho intramolecular Hbond substituents is 1. The Morgan fingerprint density at radius 2 is 2.21 bits per heavy atom. The first-order valence-corrected chi connectivity index (χ1v) is 4.89. The molecule has 3 nitrogen and oxygen atoms in total. The molecule has 1 heterocycles. The number of nitriles is 1. The number of benzene rings is 1. The topological polar surface area (TPSA) is 64.2 Å². The molecule has 2 N–H and O–H groups in total. The van der Waals surface area contributed by atoms with Gasteiger partial charge in [-0.2, -0.15) is 5.26 Å². The van der Waals surface area contributed by atoms with Gasteiger partial charge in [0, 0.05) is 5.39 Å². The van der Waals surface area contributed by atoms with E-state index in [1.807, 2.05) is 0 Å². The van der Waals surface area contributed by atoms with E-state index in [0.717, 1.165) is 4.70 Å². The van der Waals surface area contributed by atoms with E-state index in [4.69, 9.17) is 10.4 Å². The van der Waals surface area contributed by atoms with Gasteiger partial charge in [0.25, 0.3) is 0 Å². The highest BCUT2D eigenvalue weighted by Crippen LogP contribution is 2.35. The van der Waals surface area contributed by atoms with E-state index >= 15 is 0 Å². The lowest BCUT2D eigenvalue weighted by molar-refractivity contribution is 0.283. The van der Waals surface area contributed by atoms with Crippen LogP contribution in [0, 0.1) is 11.3 Å². The maximum Gasteiger partial charge on any atom is 0.124 e. The molecule has 0 bridgehead atoms. The van der Waals surface area contributed by atoms with Crippen LogP contribution < -0.4 is 0 Å². The lowest BCUT2D eigenvalue weighted by atomic mass is 10.1. The molecule has 0 aliphatic heterocycles. The van der Waals surface area contributed by atoms with Crippen LogP contribution in [0.3, 0.4) is 0 Å². The smallest absolute Gasteiger partial charge is 0.124 e. The van der Waals surface area contributed by atoms with Crippen molar-refractivity contribution in [3.05, 3.63) is 28.6 Å². The van der Waals surface area contributed by atoms with Gasteiger partial charge >= 0.3 is 0 Å². The van der Waals surface area contributed by atoms with E-state index in [2.05, 4.69) is 6.07 Å². The molecule has 0 radical (unpaired) electrons. The van der Waals surface area contributed by atoms with Gasteiger partial charge in [-0.1, -0.05) is 0 Å². The summed E-state index contributed by atoms with van der Waals surface area (Å²) in [7, 11) is 0. The molecule has 1 aromatic carbocycles. The molecule has 2 rings (SSSR count). The molecular formula is C10H7NO2S. The molecule has 0 aliphatic rings. The molecule has 4 heteroatoms. The highest BCUT2D eigenvalue weighted by Gasteiger charge is 2.11. The molecule has 0 spiro atoms. The van der Waals surface area contributed by atoms with Crippen LogP contribution in [0.4, 0.5) is 0 Å². The van der Waals surface area contributed by atoms with Gasteiger partial charge in [-0.25, -0.2) is 0 Å². The summed E-state index contributed by atoms with van der Waals surface area (Å²) in [6, 6.07) is 5.11.